The van der Waals surface area contributed by atoms with Crippen molar-refractivity contribution in [3.63, 3.8) is 0 Å². The summed E-state index contributed by atoms with van der Waals surface area (Å²) in [7, 11) is -3.93. The Balaban J connectivity index is 2.92. The van der Waals surface area contributed by atoms with Crippen LogP contribution in [0, 0.1) is 5.92 Å². The molecule has 0 aliphatic rings. The van der Waals surface area contributed by atoms with Gasteiger partial charge in [-0.15, -0.1) is 0 Å². The number of nitrogens with one attached hydrogen (secondary N) is 1. The Kier molecular flexibility index (Phi) is 6.34. The van der Waals surface area contributed by atoms with Gasteiger partial charge in [0, 0.05) is 5.02 Å². The first-order chi connectivity index (χ1) is 10.1. The average molecular weight is 349 g/mol. The maximum atomic E-state index is 12.2. The van der Waals surface area contributed by atoms with Crippen LogP contribution in [0.2, 0.25) is 5.02 Å². The molecule has 9 heteroatoms. The van der Waals surface area contributed by atoms with Crippen molar-refractivity contribution in [2.45, 2.75) is 24.8 Å². The Labute approximate surface area is 133 Å². The van der Waals surface area contributed by atoms with Gasteiger partial charge in [0.05, 0.1) is 4.90 Å². The average Bonchev–Trinajstić information content (AvgIpc) is 2.42. The minimum absolute atomic E-state index is 0.0368. The van der Waals surface area contributed by atoms with Gasteiger partial charge in [0.25, 0.3) is 5.91 Å². The van der Waals surface area contributed by atoms with Gasteiger partial charge in [-0.05, 0) is 30.2 Å². The molecule has 0 fully saturated rings. The number of hydrogen-bond donors (Lipinski definition) is 2. The maximum absolute atomic E-state index is 12.2. The van der Waals surface area contributed by atoms with E-state index in [1.165, 1.54) is 24.3 Å². The summed E-state index contributed by atoms with van der Waals surface area (Å²) in [6.07, 6.45) is 0. The van der Waals surface area contributed by atoms with Gasteiger partial charge >= 0.3 is 5.97 Å². The number of rotatable bonds is 7. The van der Waals surface area contributed by atoms with E-state index >= 15 is 0 Å². The van der Waals surface area contributed by atoms with Gasteiger partial charge < -0.3 is 10.5 Å². The number of halogens is 1. The molecule has 0 radical (unpaired) electrons. The van der Waals surface area contributed by atoms with Crippen LogP contribution in [0.15, 0.2) is 29.2 Å². The Morgan fingerprint density at radius 3 is 2.27 bits per heavy atom. The van der Waals surface area contributed by atoms with Crippen LogP contribution in [0.5, 0.6) is 0 Å². The quantitative estimate of drug-likeness (QED) is 0.703. The van der Waals surface area contributed by atoms with Crippen LogP contribution in [0.1, 0.15) is 13.8 Å². The first-order valence-corrected chi connectivity index (χ1v) is 8.22. The summed E-state index contributed by atoms with van der Waals surface area (Å²) in [5, 5.41) is 0.389. The predicted molar refractivity (Wildman–Crippen MR) is 80.6 cm³/mol. The van der Waals surface area contributed by atoms with E-state index in [-0.39, 0.29) is 10.8 Å². The number of primary amides is 1. The third kappa shape index (κ3) is 5.28. The Hall–Kier alpha value is -1.64. The fraction of sp³-hybridized carbons (Fsp3) is 0.385. The van der Waals surface area contributed by atoms with Crippen molar-refractivity contribution in [1.29, 1.82) is 0 Å². The second-order valence-corrected chi connectivity index (χ2v) is 7.02. The zero-order valence-corrected chi connectivity index (χ0v) is 13.6. The van der Waals surface area contributed by atoms with Gasteiger partial charge in [0.15, 0.2) is 6.61 Å². The molecule has 1 aromatic carbocycles. The fourth-order valence-corrected chi connectivity index (χ4v) is 3.00. The molecule has 0 spiro atoms. The predicted octanol–water partition coefficient (Wildman–Crippen LogP) is 0.671. The molecule has 1 rings (SSSR count). The first kappa shape index (κ1) is 18.4. The highest BCUT2D eigenvalue weighted by molar-refractivity contribution is 7.89. The van der Waals surface area contributed by atoms with Crippen LogP contribution < -0.4 is 10.5 Å². The van der Waals surface area contributed by atoms with Crippen LogP contribution in [-0.2, 0) is 24.3 Å². The number of hydrogen-bond acceptors (Lipinski definition) is 5. The molecule has 0 heterocycles. The van der Waals surface area contributed by atoms with Gasteiger partial charge in [-0.1, -0.05) is 25.4 Å². The smallest absolute Gasteiger partial charge is 0.324 e. The number of ether oxygens (including phenoxy) is 1. The minimum atomic E-state index is -3.93. The van der Waals surface area contributed by atoms with Gasteiger partial charge in [0.2, 0.25) is 10.0 Å². The fourth-order valence-electron chi connectivity index (χ4n) is 1.54. The molecule has 0 saturated carbocycles. The van der Waals surface area contributed by atoms with E-state index < -0.39 is 34.5 Å². The summed E-state index contributed by atoms with van der Waals surface area (Å²) >= 11 is 5.71. The number of benzene rings is 1. The molecule has 1 aromatic rings. The van der Waals surface area contributed by atoms with Crippen LogP contribution in [0.4, 0.5) is 0 Å². The molecule has 1 atom stereocenters. The van der Waals surface area contributed by atoms with E-state index in [9.17, 15) is 18.0 Å². The lowest BCUT2D eigenvalue weighted by Crippen LogP contribution is -2.45. The monoisotopic (exact) mass is 348 g/mol. The zero-order valence-electron chi connectivity index (χ0n) is 12.1. The molecule has 122 valence electrons. The second kappa shape index (κ2) is 7.57. The normalized spacial score (nSPS) is 12.9. The molecule has 0 aromatic heterocycles. The summed E-state index contributed by atoms with van der Waals surface area (Å²) in [5.74, 6) is -2.08. The standard InChI is InChI=1S/C13H17ClN2O5S/c1-8(2)12(13(18)21-7-11(15)17)16-22(19,20)10-5-3-9(14)4-6-10/h3-6,8,12,16H,7H2,1-2H3,(H2,15,17)/t12-/m1/s1. The molecular formula is C13H17ClN2O5S. The third-order valence-corrected chi connectivity index (χ3v) is 4.39. The highest BCUT2D eigenvalue weighted by Gasteiger charge is 2.29. The lowest BCUT2D eigenvalue weighted by Gasteiger charge is -2.20. The van der Waals surface area contributed by atoms with Gasteiger partial charge in [-0.3, -0.25) is 9.59 Å². The van der Waals surface area contributed by atoms with Crippen LogP contribution in [0.25, 0.3) is 0 Å². The molecule has 7 nitrogen and oxygen atoms in total. The van der Waals surface area contributed by atoms with Crippen molar-refractivity contribution in [2.24, 2.45) is 11.7 Å². The van der Waals surface area contributed by atoms with E-state index in [0.29, 0.717) is 5.02 Å². The zero-order chi connectivity index (χ0) is 16.9. The largest absolute Gasteiger partial charge is 0.454 e. The lowest BCUT2D eigenvalue weighted by atomic mass is 10.1. The molecule has 0 unspecified atom stereocenters. The SMILES string of the molecule is CC(C)[C@@H](NS(=O)(=O)c1ccc(Cl)cc1)C(=O)OCC(N)=O. The number of nitrogens with two attached hydrogens (primary N) is 1. The Bertz CT molecular complexity index is 643. The summed E-state index contributed by atoms with van der Waals surface area (Å²) < 4.78 is 31.4. The molecule has 0 aliphatic heterocycles. The third-order valence-electron chi connectivity index (χ3n) is 2.68. The van der Waals surface area contributed by atoms with E-state index in [2.05, 4.69) is 9.46 Å². The van der Waals surface area contributed by atoms with E-state index in [4.69, 9.17) is 17.3 Å². The second-order valence-electron chi connectivity index (χ2n) is 4.87. The van der Waals surface area contributed by atoms with Crippen LogP contribution in [0.3, 0.4) is 0 Å². The summed E-state index contributed by atoms with van der Waals surface area (Å²) in [4.78, 5) is 22.5. The van der Waals surface area contributed by atoms with Crippen molar-refractivity contribution in [3.8, 4) is 0 Å². The molecule has 22 heavy (non-hydrogen) atoms. The van der Waals surface area contributed by atoms with Crippen molar-refractivity contribution in [2.75, 3.05) is 6.61 Å². The van der Waals surface area contributed by atoms with Crippen molar-refractivity contribution in [1.82, 2.24) is 4.72 Å². The van der Waals surface area contributed by atoms with Crippen molar-refractivity contribution in [3.05, 3.63) is 29.3 Å². The highest BCUT2D eigenvalue weighted by atomic mass is 35.5. The lowest BCUT2D eigenvalue weighted by molar-refractivity contribution is -0.150. The molecule has 1 amide bonds. The minimum Gasteiger partial charge on any atom is -0.454 e. The molecular weight excluding hydrogens is 332 g/mol. The summed E-state index contributed by atoms with van der Waals surface area (Å²) in [6, 6.07) is 4.34. The van der Waals surface area contributed by atoms with Crippen LogP contribution >= 0.6 is 11.6 Å². The highest BCUT2D eigenvalue weighted by Crippen LogP contribution is 2.16. The Morgan fingerprint density at radius 1 is 1.27 bits per heavy atom. The van der Waals surface area contributed by atoms with Gasteiger partial charge in [0.1, 0.15) is 6.04 Å². The first-order valence-electron chi connectivity index (χ1n) is 6.36. The van der Waals surface area contributed by atoms with E-state index in [0.717, 1.165) is 0 Å². The Morgan fingerprint density at radius 2 is 1.82 bits per heavy atom. The van der Waals surface area contributed by atoms with Crippen molar-refractivity contribution < 1.29 is 22.7 Å². The summed E-state index contributed by atoms with van der Waals surface area (Å²) in [5.41, 5.74) is 4.88. The van der Waals surface area contributed by atoms with Crippen LogP contribution in [-0.4, -0.2) is 32.9 Å². The topological polar surface area (TPSA) is 116 Å². The number of carbonyl (C=O) groups excluding carboxylic acids is 2. The number of carbonyl (C=O) groups is 2. The number of esters is 1. The molecule has 0 saturated heterocycles. The van der Waals surface area contributed by atoms with Gasteiger partial charge in [-0.25, -0.2) is 8.42 Å². The summed E-state index contributed by atoms with van der Waals surface area (Å²) in [6.45, 7) is 2.67. The molecule has 3 N–H and O–H groups in total. The van der Waals surface area contributed by atoms with E-state index in [1.54, 1.807) is 13.8 Å². The maximum Gasteiger partial charge on any atom is 0.324 e. The van der Waals surface area contributed by atoms with Gasteiger partial charge in [-0.2, -0.15) is 4.72 Å². The molecule has 0 bridgehead atoms. The number of sulfonamides is 1. The van der Waals surface area contributed by atoms with Crippen molar-refractivity contribution >= 4 is 33.5 Å². The molecule has 0 aliphatic carbocycles. The number of amides is 1. The van der Waals surface area contributed by atoms with E-state index in [1.807, 2.05) is 0 Å².